The van der Waals surface area contributed by atoms with Crippen molar-refractivity contribution >= 4 is 74.6 Å². The van der Waals surface area contributed by atoms with Gasteiger partial charge in [0.1, 0.15) is 16.4 Å². The van der Waals surface area contributed by atoms with Crippen LogP contribution >= 0.6 is 34.5 Å². The van der Waals surface area contributed by atoms with Crippen molar-refractivity contribution in [3.8, 4) is 17.2 Å². The second-order valence-electron chi connectivity index (χ2n) is 10.8. The van der Waals surface area contributed by atoms with E-state index in [9.17, 15) is 23.0 Å². The van der Waals surface area contributed by atoms with Gasteiger partial charge in [0.2, 0.25) is 0 Å². The Morgan fingerprint density at radius 3 is 2.16 bits per heavy atom. The number of ether oxygens (including phenoxy) is 3. The van der Waals surface area contributed by atoms with Crippen LogP contribution in [-0.4, -0.2) is 42.6 Å². The lowest BCUT2D eigenvalue weighted by molar-refractivity contribution is 0.0734. The van der Waals surface area contributed by atoms with E-state index in [1.54, 1.807) is 55.6 Å². The number of hydrogen-bond donors (Lipinski definition) is 1. The van der Waals surface area contributed by atoms with Crippen molar-refractivity contribution in [1.29, 1.82) is 0 Å². The number of halogens is 3. The van der Waals surface area contributed by atoms with Gasteiger partial charge < -0.3 is 19.5 Å². The lowest BCUT2D eigenvalue weighted by atomic mass is 10.0. The Morgan fingerprint density at radius 2 is 1.56 bits per heavy atom. The van der Waals surface area contributed by atoms with Crippen LogP contribution in [0.4, 0.5) is 15.8 Å². The molecule has 0 aliphatic heterocycles. The summed E-state index contributed by atoms with van der Waals surface area (Å²) in [7, 11) is 1.21. The highest BCUT2D eigenvalue weighted by Crippen LogP contribution is 2.36. The molecule has 0 bridgehead atoms. The molecular formula is C43H45Cl2FN2O7S2. The minimum atomic E-state index is -1.88. The van der Waals surface area contributed by atoms with E-state index in [1.165, 1.54) is 47.8 Å². The highest BCUT2D eigenvalue weighted by atomic mass is 35.5. The number of benzene rings is 4. The predicted molar refractivity (Wildman–Crippen MR) is 232 cm³/mol. The lowest BCUT2D eigenvalue weighted by Crippen LogP contribution is -2.22. The monoisotopic (exact) mass is 854 g/mol. The molecule has 0 radical (unpaired) electrons. The summed E-state index contributed by atoms with van der Waals surface area (Å²) in [5.41, 5.74) is 0.735. The summed E-state index contributed by atoms with van der Waals surface area (Å²) in [5, 5.41) is 2.76. The van der Waals surface area contributed by atoms with E-state index < -0.39 is 34.5 Å². The summed E-state index contributed by atoms with van der Waals surface area (Å²) in [5.74, 6) is -2.11. The molecule has 1 amide bonds. The first kappa shape index (κ1) is 47.9. The standard InChI is InChI=1S/C35H27Cl2FN2O7S2.C4H8.C2H6.C2H4/c1-4-46-28-13-10-24(17-29(28)45-3)40(2)49(44)30-19-31(37)48-33(30)34(42)39-23-15-21(14-22(36)16-23)35(43)47-25-11-12-26(27(38)18-25)32(41)20-8-6-5-7-9-20;1-3-4-2;2*1-2/h5-19H,4H2,1-3H3,(H,39,42);3-4H,1-2H3;1-2H3;1-2H2/b;4-3-;;. The Hall–Kier alpha value is -5.27. The number of ketones is 1. The number of nitrogens with zero attached hydrogens (tertiary/aromatic N) is 1. The Kier molecular flexibility index (Phi) is 20.5. The van der Waals surface area contributed by atoms with Crippen LogP contribution in [0.1, 0.15) is 70.6 Å². The van der Waals surface area contributed by atoms with Gasteiger partial charge in [-0.1, -0.05) is 79.5 Å². The molecule has 5 aromatic rings. The lowest BCUT2D eigenvalue weighted by Gasteiger charge is -2.20. The number of esters is 1. The SMILES string of the molecule is C/C=C\C.C=C.CC.CCOc1ccc(N(C)S(=O)c2cc(Cl)sc2C(=O)Nc2cc(Cl)cc(C(=O)Oc3ccc(C(=O)c4ccccc4)c(F)c3)c2)cc1OC. The summed E-state index contributed by atoms with van der Waals surface area (Å²) < 4.78 is 46.5. The number of carbonyl (C=O) groups is 3. The number of carbonyl (C=O) groups excluding carboxylic acids is 3. The van der Waals surface area contributed by atoms with Crippen molar-refractivity contribution in [3.05, 3.63) is 153 Å². The molecule has 0 fully saturated rings. The molecule has 1 N–H and O–H groups in total. The average molecular weight is 856 g/mol. The van der Waals surface area contributed by atoms with Crippen LogP contribution in [0.3, 0.4) is 0 Å². The van der Waals surface area contributed by atoms with Crippen molar-refractivity contribution < 1.29 is 37.2 Å². The first-order valence-corrected chi connectivity index (χ1v) is 20.1. The summed E-state index contributed by atoms with van der Waals surface area (Å²) in [4.78, 5) is 39.4. The number of hydrogen-bond acceptors (Lipinski definition) is 8. The number of nitrogens with one attached hydrogen (secondary N) is 1. The van der Waals surface area contributed by atoms with Gasteiger partial charge in [-0.3, -0.25) is 13.9 Å². The van der Waals surface area contributed by atoms with E-state index in [1.807, 2.05) is 46.8 Å². The van der Waals surface area contributed by atoms with Gasteiger partial charge in [-0.05, 0) is 69.3 Å². The molecule has 1 heterocycles. The van der Waals surface area contributed by atoms with E-state index in [0.29, 0.717) is 29.4 Å². The van der Waals surface area contributed by atoms with E-state index in [4.69, 9.17) is 37.4 Å². The smallest absolute Gasteiger partial charge is 0.343 e. The van der Waals surface area contributed by atoms with Crippen molar-refractivity contribution in [2.24, 2.45) is 0 Å². The maximum absolute atomic E-state index is 14.9. The molecule has 4 aromatic carbocycles. The molecule has 0 saturated carbocycles. The molecule has 1 atom stereocenters. The number of allylic oxidation sites excluding steroid dienone is 2. The normalized spacial score (nSPS) is 10.6. The van der Waals surface area contributed by atoms with Gasteiger partial charge >= 0.3 is 5.97 Å². The number of methoxy groups -OCH3 is 1. The third kappa shape index (κ3) is 13.4. The van der Waals surface area contributed by atoms with Crippen LogP contribution in [0, 0.1) is 5.82 Å². The summed E-state index contributed by atoms with van der Waals surface area (Å²) in [6, 6.07) is 22.2. The topological polar surface area (TPSA) is 111 Å². The highest BCUT2D eigenvalue weighted by molar-refractivity contribution is 7.86. The quantitative estimate of drug-likeness (QED) is 0.0576. The number of thiophene rings is 1. The first-order chi connectivity index (χ1) is 27.4. The van der Waals surface area contributed by atoms with Crippen molar-refractivity contribution in [2.45, 2.75) is 39.5 Å². The maximum Gasteiger partial charge on any atom is 0.343 e. The minimum absolute atomic E-state index is 0.0511. The average Bonchev–Trinajstić information content (AvgIpc) is 3.63. The molecular weight excluding hydrogens is 811 g/mol. The van der Waals surface area contributed by atoms with Gasteiger partial charge in [-0.25, -0.2) is 13.4 Å². The Bertz CT molecular complexity index is 2170. The van der Waals surface area contributed by atoms with Crippen LogP contribution in [0.5, 0.6) is 17.2 Å². The summed E-state index contributed by atoms with van der Waals surface area (Å²) in [6.07, 6.45) is 4.00. The van der Waals surface area contributed by atoms with Crippen molar-refractivity contribution in [1.82, 2.24) is 0 Å². The van der Waals surface area contributed by atoms with Gasteiger partial charge in [-0.15, -0.1) is 24.5 Å². The molecule has 302 valence electrons. The van der Waals surface area contributed by atoms with Gasteiger partial charge in [-0.2, -0.15) is 0 Å². The highest BCUT2D eigenvalue weighted by Gasteiger charge is 2.25. The largest absolute Gasteiger partial charge is 0.493 e. The molecule has 0 spiro atoms. The van der Waals surface area contributed by atoms with Crippen LogP contribution in [0.15, 0.2) is 121 Å². The summed E-state index contributed by atoms with van der Waals surface area (Å²) >= 11 is 13.5. The van der Waals surface area contributed by atoms with Gasteiger partial charge in [0.05, 0.1) is 39.8 Å². The third-order valence-corrected chi connectivity index (χ3v) is 10.3. The molecule has 57 heavy (non-hydrogen) atoms. The second-order valence-corrected chi connectivity index (χ2v) is 14.4. The molecule has 14 heteroatoms. The molecule has 0 aliphatic rings. The van der Waals surface area contributed by atoms with E-state index in [-0.39, 0.29) is 41.7 Å². The third-order valence-electron chi connectivity index (χ3n) is 7.28. The Morgan fingerprint density at radius 1 is 0.895 bits per heavy atom. The molecule has 5 rings (SSSR count). The second kappa shape index (κ2) is 24.4. The zero-order valence-electron chi connectivity index (χ0n) is 32.7. The van der Waals surface area contributed by atoms with Gasteiger partial charge in [0, 0.05) is 35.5 Å². The van der Waals surface area contributed by atoms with Crippen LogP contribution in [-0.2, 0) is 11.0 Å². The minimum Gasteiger partial charge on any atom is -0.493 e. The van der Waals surface area contributed by atoms with E-state index in [2.05, 4.69) is 18.5 Å². The van der Waals surface area contributed by atoms with Gasteiger partial charge in [0.25, 0.3) is 5.91 Å². The summed E-state index contributed by atoms with van der Waals surface area (Å²) in [6.45, 7) is 16.3. The Labute approximate surface area is 350 Å². The maximum atomic E-state index is 14.9. The van der Waals surface area contributed by atoms with E-state index >= 15 is 0 Å². The molecule has 1 aromatic heterocycles. The van der Waals surface area contributed by atoms with Gasteiger partial charge in [0.15, 0.2) is 28.3 Å². The number of rotatable bonds is 12. The number of amides is 1. The van der Waals surface area contributed by atoms with E-state index in [0.717, 1.165) is 17.4 Å². The molecule has 0 aliphatic carbocycles. The molecule has 9 nitrogen and oxygen atoms in total. The predicted octanol–water partition coefficient (Wildman–Crippen LogP) is 11.9. The first-order valence-electron chi connectivity index (χ1n) is 17.5. The zero-order chi connectivity index (χ0) is 42.7. The van der Waals surface area contributed by atoms with Crippen molar-refractivity contribution in [3.63, 3.8) is 0 Å². The van der Waals surface area contributed by atoms with Crippen molar-refractivity contribution in [2.75, 3.05) is 30.4 Å². The van der Waals surface area contributed by atoms with Crippen LogP contribution < -0.4 is 23.8 Å². The fourth-order valence-corrected chi connectivity index (χ4v) is 7.42. The molecule has 1 unspecified atom stereocenters. The zero-order valence-corrected chi connectivity index (χ0v) is 35.8. The Balaban J connectivity index is 0.00000130. The number of anilines is 2. The van der Waals surface area contributed by atoms with Crippen LogP contribution in [0.2, 0.25) is 9.36 Å². The fourth-order valence-electron chi connectivity index (χ4n) is 4.63. The van der Waals surface area contributed by atoms with Crippen LogP contribution in [0.25, 0.3) is 0 Å². The molecule has 0 saturated heterocycles. The fraction of sp³-hybridized carbons (Fsp3) is 0.186.